The number of benzene rings is 1. The van der Waals surface area contributed by atoms with Gasteiger partial charge in [0.15, 0.2) is 5.78 Å². The van der Waals surface area contributed by atoms with Crippen LogP contribution in [0.4, 0.5) is 4.39 Å². The van der Waals surface area contributed by atoms with E-state index in [1.807, 2.05) is 0 Å². The van der Waals surface area contributed by atoms with Crippen LogP contribution in [0.1, 0.15) is 48.5 Å². The van der Waals surface area contributed by atoms with Gasteiger partial charge in [-0.05, 0) is 50.7 Å². The summed E-state index contributed by atoms with van der Waals surface area (Å²) in [4.78, 5) is 13.8. The average Bonchev–Trinajstić information content (AvgIpc) is 3.25. The smallest absolute Gasteiger partial charge is 0.163 e. The summed E-state index contributed by atoms with van der Waals surface area (Å²) in [6.45, 7) is 2.90. The molecule has 3 rings (SSSR count). The molecule has 0 aromatic heterocycles. The van der Waals surface area contributed by atoms with Crippen molar-refractivity contribution < 1.29 is 14.3 Å². The number of ketones is 1. The lowest BCUT2D eigenvalue weighted by Crippen LogP contribution is -2.28. The fourth-order valence-electron chi connectivity index (χ4n) is 2.68. The largest absolute Gasteiger partial charge is 0.507 e. The Labute approximate surface area is 118 Å². The molecule has 2 saturated carbocycles. The topological polar surface area (TPSA) is 40.5 Å². The minimum Gasteiger partial charge on any atom is -0.507 e. The van der Waals surface area contributed by atoms with Crippen LogP contribution >= 0.6 is 0 Å². The van der Waals surface area contributed by atoms with Gasteiger partial charge in [-0.2, -0.15) is 0 Å². The summed E-state index contributed by atoms with van der Waals surface area (Å²) in [5.41, 5.74) is 0.616. The molecular weight excluding hydrogens is 257 g/mol. The van der Waals surface area contributed by atoms with Crippen molar-refractivity contribution in [3.8, 4) is 5.75 Å². The van der Waals surface area contributed by atoms with Gasteiger partial charge in [0.25, 0.3) is 0 Å². The Morgan fingerprint density at radius 3 is 2.60 bits per heavy atom. The van der Waals surface area contributed by atoms with Gasteiger partial charge in [0.1, 0.15) is 11.6 Å². The molecule has 0 saturated heterocycles. The molecule has 20 heavy (non-hydrogen) atoms. The third-order valence-corrected chi connectivity index (χ3v) is 4.16. The van der Waals surface area contributed by atoms with E-state index in [4.69, 9.17) is 0 Å². The number of Topliss-reactive ketones (excluding diaryl/α,β-unsaturated/α-hetero) is 1. The molecule has 1 N–H and O–H groups in total. The molecule has 1 aromatic carbocycles. The number of carbonyl (C=O) groups excluding carboxylic acids is 1. The first-order chi connectivity index (χ1) is 9.54. The summed E-state index contributed by atoms with van der Waals surface area (Å²) in [7, 11) is 0. The van der Waals surface area contributed by atoms with E-state index in [-0.39, 0.29) is 17.1 Å². The number of phenols is 1. The predicted molar refractivity (Wildman–Crippen MR) is 74.2 cm³/mol. The second-order valence-electron chi connectivity index (χ2n) is 6.12. The number of carbonyl (C=O) groups is 1. The Morgan fingerprint density at radius 2 is 2.05 bits per heavy atom. The number of hydrogen-bond acceptors (Lipinski definition) is 3. The molecule has 2 fully saturated rings. The van der Waals surface area contributed by atoms with Gasteiger partial charge in [0.05, 0.1) is 5.56 Å². The highest BCUT2D eigenvalue weighted by molar-refractivity contribution is 5.97. The van der Waals surface area contributed by atoms with Crippen molar-refractivity contribution in [1.29, 1.82) is 0 Å². The van der Waals surface area contributed by atoms with Crippen LogP contribution in [-0.2, 0) is 6.54 Å². The Hall–Kier alpha value is -1.42. The Kier molecular flexibility index (Phi) is 3.50. The molecule has 3 nitrogen and oxygen atoms in total. The van der Waals surface area contributed by atoms with E-state index < -0.39 is 5.82 Å². The third-order valence-electron chi connectivity index (χ3n) is 4.16. The molecule has 0 spiro atoms. The quantitative estimate of drug-likeness (QED) is 0.812. The standard InChI is InChI=1S/C16H20FNO2/c1-10(19)15-7-13(17)6-12(16(15)20)9-18(14-4-5-14)8-11-2-3-11/h6-7,11,14,20H,2-5,8-9H2,1H3. The number of nitrogens with zero attached hydrogens (tertiary/aromatic N) is 1. The Morgan fingerprint density at radius 1 is 1.35 bits per heavy atom. The molecule has 2 aliphatic rings. The first-order valence-electron chi connectivity index (χ1n) is 7.31. The molecule has 0 atom stereocenters. The highest BCUT2D eigenvalue weighted by Crippen LogP contribution is 2.37. The highest BCUT2D eigenvalue weighted by atomic mass is 19.1. The number of phenolic OH excluding ortho intramolecular Hbond substituents is 1. The summed E-state index contributed by atoms with van der Waals surface area (Å²) in [5, 5.41) is 10.2. The van der Waals surface area contributed by atoms with Gasteiger partial charge < -0.3 is 5.11 Å². The molecule has 0 aliphatic heterocycles. The van der Waals surface area contributed by atoms with Crippen LogP contribution in [0, 0.1) is 11.7 Å². The molecule has 2 aliphatic carbocycles. The van der Waals surface area contributed by atoms with Crippen LogP contribution in [-0.4, -0.2) is 28.4 Å². The van der Waals surface area contributed by atoms with Crippen LogP contribution in [0.2, 0.25) is 0 Å². The van der Waals surface area contributed by atoms with Crippen LogP contribution < -0.4 is 0 Å². The number of aromatic hydroxyl groups is 1. The highest BCUT2D eigenvalue weighted by Gasteiger charge is 2.34. The summed E-state index contributed by atoms with van der Waals surface area (Å²) in [6, 6.07) is 3.03. The van der Waals surface area contributed by atoms with Gasteiger partial charge in [-0.25, -0.2) is 4.39 Å². The van der Waals surface area contributed by atoms with E-state index in [1.54, 1.807) is 0 Å². The van der Waals surface area contributed by atoms with Gasteiger partial charge in [-0.15, -0.1) is 0 Å². The third kappa shape index (κ3) is 3.01. The van der Waals surface area contributed by atoms with Crippen molar-refractivity contribution in [3.05, 3.63) is 29.1 Å². The fourth-order valence-corrected chi connectivity index (χ4v) is 2.68. The number of halogens is 1. The molecule has 4 heteroatoms. The summed E-state index contributed by atoms with van der Waals surface area (Å²) < 4.78 is 13.6. The molecule has 0 amide bonds. The minimum absolute atomic E-state index is 0.0552. The monoisotopic (exact) mass is 277 g/mol. The maximum atomic E-state index is 13.6. The second kappa shape index (κ2) is 5.17. The van der Waals surface area contributed by atoms with Crippen molar-refractivity contribution >= 4 is 5.78 Å². The van der Waals surface area contributed by atoms with Gasteiger partial charge in [-0.3, -0.25) is 9.69 Å². The van der Waals surface area contributed by atoms with E-state index in [0.29, 0.717) is 18.2 Å². The van der Waals surface area contributed by atoms with Crippen molar-refractivity contribution in [1.82, 2.24) is 4.90 Å². The Balaban J connectivity index is 1.82. The lowest BCUT2D eigenvalue weighted by atomic mass is 10.0. The lowest BCUT2D eigenvalue weighted by molar-refractivity contribution is 0.101. The van der Waals surface area contributed by atoms with Crippen molar-refractivity contribution in [2.45, 2.75) is 45.2 Å². The molecule has 108 valence electrons. The second-order valence-corrected chi connectivity index (χ2v) is 6.12. The van der Waals surface area contributed by atoms with Gasteiger partial charge in [-0.1, -0.05) is 0 Å². The minimum atomic E-state index is -0.454. The van der Waals surface area contributed by atoms with Gasteiger partial charge in [0, 0.05) is 24.7 Å². The van der Waals surface area contributed by atoms with Crippen LogP contribution in [0.15, 0.2) is 12.1 Å². The van der Waals surface area contributed by atoms with E-state index in [1.165, 1.54) is 38.7 Å². The lowest BCUT2D eigenvalue weighted by Gasteiger charge is -2.23. The predicted octanol–water partition coefficient (Wildman–Crippen LogP) is 3.11. The molecule has 0 heterocycles. The first kappa shape index (κ1) is 13.6. The first-order valence-corrected chi connectivity index (χ1v) is 7.31. The van der Waals surface area contributed by atoms with E-state index in [0.717, 1.165) is 18.5 Å². The summed E-state index contributed by atoms with van der Waals surface area (Å²) in [6.07, 6.45) is 4.92. The zero-order valence-electron chi connectivity index (χ0n) is 11.7. The Bertz CT molecular complexity index is 536. The van der Waals surface area contributed by atoms with Crippen LogP contribution in [0.25, 0.3) is 0 Å². The van der Waals surface area contributed by atoms with E-state index in [9.17, 15) is 14.3 Å². The summed E-state index contributed by atoms with van der Waals surface area (Å²) in [5.74, 6) is -0.0486. The summed E-state index contributed by atoms with van der Waals surface area (Å²) >= 11 is 0. The molecular formula is C16H20FNO2. The molecule has 0 bridgehead atoms. The zero-order valence-corrected chi connectivity index (χ0v) is 11.7. The van der Waals surface area contributed by atoms with Crippen LogP contribution in [0.3, 0.4) is 0 Å². The zero-order chi connectivity index (χ0) is 14.3. The molecule has 0 unspecified atom stereocenters. The van der Waals surface area contributed by atoms with E-state index >= 15 is 0 Å². The maximum absolute atomic E-state index is 13.6. The van der Waals surface area contributed by atoms with E-state index in [2.05, 4.69) is 4.90 Å². The fraction of sp³-hybridized carbons (Fsp3) is 0.562. The van der Waals surface area contributed by atoms with Gasteiger partial charge >= 0.3 is 0 Å². The number of rotatable bonds is 6. The number of hydrogen-bond donors (Lipinski definition) is 1. The van der Waals surface area contributed by atoms with Crippen molar-refractivity contribution in [2.24, 2.45) is 5.92 Å². The molecule has 1 aromatic rings. The van der Waals surface area contributed by atoms with Gasteiger partial charge in [0.2, 0.25) is 0 Å². The molecule has 0 radical (unpaired) electrons. The normalized spacial score (nSPS) is 18.6. The van der Waals surface area contributed by atoms with Crippen molar-refractivity contribution in [3.63, 3.8) is 0 Å². The maximum Gasteiger partial charge on any atom is 0.163 e. The van der Waals surface area contributed by atoms with Crippen molar-refractivity contribution in [2.75, 3.05) is 6.54 Å². The van der Waals surface area contributed by atoms with Crippen LogP contribution in [0.5, 0.6) is 5.75 Å². The average molecular weight is 277 g/mol. The SMILES string of the molecule is CC(=O)c1cc(F)cc(CN(CC2CC2)C2CC2)c1O.